The van der Waals surface area contributed by atoms with Crippen molar-refractivity contribution in [3.63, 3.8) is 0 Å². The van der Waals surface area contributed by atoms with Crippen LogP contribution in [-0.4, -0.2) is 5.91 Å². The molecule has 2 rings (SSSR count). The van der Waals surface area contributed by atoms with Crippen LogP contribution in [0.4, 0.5) is 11.4 Å². The van der Waals surface area contributed by atoms with E-state index in [9.17, 15) is 4.79 Å². The molecule has 1 atom stereocenters. The van der Waals surface area contributed by atoms with Crippen LogP contribution in [0.5, 0.6) is 0 Å². The number of nitrogens with two attached hydrogens (primary N) is 2. The Morgan fingerprint density at radius 1 is 1.19 bits per heavy atom. The summed E-state index contributed by atoms with van der Waals surface area (Å²) >= 11 is 12.0. The van der Waals surface area contributed by atoms with Gasteiger partial charge in [0.15, 0.2) is 0 Å². The molecule has 6 heteroatoms. The topological polar surface area (TPSA) is 81.1 Å². The van der Waals surface area contributed by atoms with Gasteiger partial charge in [0.05, 0.1) is 16.3 Å². The number of nitrogen functional groups attached to an aromatic ring is 1. The fraction of sp³-hybridized carbons (Fsp3) is 0.133. The molecule has 0 spiro atoms. The highest BCUT2D eigenvalue weighted by Gasteiger charge is 2.16. The fourth-order valence-electron chi connectivity index (χ4n) is 2.02. The molecule has 1 unspecified atom stereocenters. The number of carbonyl (C=O) groups is 1. The monoisotopic (exact) mass is 323 g/mol. The van der Waals surface area contributed by atoms with E-state index in [0.29, 0.717) is 21.4 Å². The summed E-state index contributed by atoms with van der Waals surface area (Å²) in [5, 5.41) is 4.20. The van der Waals surface area contributed by atoms with Crippen molar-refractivity contribution in [1.29, 1.82) is 0 Å². The summed E-state index contributed by atoms with van der Waals surface area (Å²) in [4.78, 5) is 11.5. The molecular weight excluding hydrogens is 309 g/mol. The third kappa shape index (κ3) is 3.60. The molecule has 1 amide bonds. The van der Waals surface area contributed by atoms with E-state index >= 15 is 0 Å². The number of rotatable bonds is 4. The van der Waals surface area contributed by atoms with Crippen molar-refractivity contribution < 1.29 is 4.79 Å². The number of nitrogens with one attached hydrogen (secondary N) is 1. The number of benzene rings is 2. The molecule has 0 aliphatic carbocycles. The van der Waals surface area contributed by atoms with Crippen LogP contribution in [0.15, 0.2) is 36.4 Å². The van der Waals surface area contributed by atoms with Crippen molar-refractivity contribution in [2.75, 3.05) is 11.1 Å². The Bertz CT molecular complexity index is 671. The van der Waals surface area contributed by atoms with Gasteiger partial charge in [-0.05, 0) is 36.8 Å². The van der Waals surface area contributed by atoms with Crippen LogP contribution in [0.2, 0.25) is 10.0 Å². The van der Waals surface area contributed by atoms with Gasteiger partial charge in [-0.25, -0.2) is 0 Å². The molecule has 0 saturated heterocycles. The number of hydrogen-bond donors (Lipinski definition) is 3. The number of halogens is 2. The minimum atomic E-state index is -0.588. The SMILES string of the molecule is CC(Nc1c(Cl)cc(N)cc1C(N)=O)c1ccc(Cl)cc1. The summed E-state index contributed by atoms with van der Waals surface area (Å²) in [5.41, 5.74) is 13.2. The Hall–Kier alpha value is -1.91. The Balaban J connectivity index is 2.34. The predicted molar refractivity (Wildman–Crippen MR) is 87.9 cm³/mol. The molecule has 0 aliphatic rings. The van der Waals surface area contributed by atoms with Gasteiger partial charge in [0.1, 0.15) is 0 Å². The smallest absolute Gasteiger partial charge is 0.250 e. The molecule has 2 aromatic carbocycles. The van der Waals surface area contributed by atoms with Gasteiger partial charge in [0.2, 0.25) is 0 Å². The molecule has 21 heavy (non-hydrogen) atoms. The molecule has 0 heterocycles. The first-order valence-electron chi connectivity index (χ1n) is 6.29. The van der Waals surface area contributed by atoms with Gasteiger partial charge in [0, 0.05) is 16.8 Å². The van der Waals surface area contributed by atoms with E-state index in [1.807, 2.05) is 19.1 Å². The van der Waals surface area contributed by atoms with Crippen molar-refractivity contribution in [1.82, 2.24) is 0 Å². The van der Waals surface area contributed by atoms with E-state index in [0.717, 1.165) is 5.56 Å². The van der Waals surface area contributed by atoms with Crippen LogP contribution in [-0.2, 0) is 0 Å². The van der Waals surface area contributed by atoms with Gasteiger partial charge in [-0.15, -0.1) is 0 Å². The van der Waals surface area contributed by atoms with Crippen LogP contribution >= 0.6 is 23.2 Å². The fourth-order valence-corrected chi connectivity index (χ4v) is 2.43. The zero-order valence-electron chi connectivity index (χ0n) is 11.4. The summed E-state index contributed by atoms with van der Waals surface area (Å²) in [6, 6.07) is 10.4. The second-order valence-electron chi connectivity index (χ2n) is 4.71. The second-order valence-corrected chi connectivity index (χ2v) is 5.55. The molecule has 0 aromatic heterocycles. The lowest BCUT2D eigenvalue weighted by molar-refractivity contribution is 0.100. The van der Waals surface area contributed by atoms with Gasteiger partial charge in [-0.3, -0.25) is 4.79 Å². The maximum atomic E-state index is 11.5. The molecule has 0 bridgehead atoms. The van der Waals surface area contributed by atoms with E-state index in [-0.39, 0.29) is 11.6 Å². The van der Waals surface area contributed by atoms with Crippen LogP contribution in [0.3, 0.4) is 0 Å². The third-order valence-corrected chi connectivity index (χ3v) is 3.66. The highest BCUT2D eigenvalue weighted by Crippen LogP contribution is 2.32. The average molecular weight is 324 g/mol. The molecule has 0 aliphatic heterocycles. The summed E-state index contributed by atoms with van der Waals surface area (Å²) in [5.74, 6) is -0.588. The number of amides is 1. The second kappa shape index (κ2) is 6.24. The molecule has 2 aromatic rings. The van der Waals surface area contributed by atoms with Crippen molar-refractivity contribution in [2.45, 2.75) is 13.0 Å². The Morgan fingerprint density at radius 2 is 1.81 bits per heavy atom. The third-order valence-electron chi connectivity index (χ3n) is 3.11. The van der Waals surface area contributed by atoms with E-state index in [4.69, 9.17) is 34.7 Å². The lowest BCUT2D eigenvalue weighted by atomic mass is 10.1. The molecule has 5 N–H and O–H groups in total. The number of hydrogen-bond acceptors (Lipinski definition) is 3. The van der Waals surface area contributed by atoms with Crippen LogP contribution in [0.25, 0.3) is 0 Å². The Morgan fingerprint density at radius 3 is 2.38 bits per heavy atom. The Kier molecular flexibility index (Phi) is 4.60. The highest BCUT2D eigenvalue weighted by atomic mass is 35.5. The predicted octanol–water partition coefficient (Wildman–Crippen LogP) is 3.85. The molecule has 0 radical (unpaired) electrons. The van der Waals surface area contributed by atoms with Gasteiger partial charge in [0.25, 0.3) is 5.91 Å². The molecule has 0 fully saturated rings. The van der Waals surface area contributed by atoms with Gasteiger partial charge >= 0.3 is 0 Å². The number of carbonyl (C=O) groups excluding carboxylic acids is 1. The summed E-state index contributed by atoms with van der Waals surface area (Å²) in [6.45, 7) is 1.95. The van der Waals surface area contributed by atoms with E-state index in [1.54, 1.807) is 18.2 Å². The van der Waals surface area contributed by atoms with Crippen molar-refractivity contribution >= 4 is 40.5 Å². The van der Waals surface area contributed by atoms with Crippen molar-refractivity contribution in [3.05, 3.63) is 57.6 Å². The maximum absolute atomic E-state index is 11.5. The highest BCUT2D eigenvalue weighted by molar-refractivity contribution is 6.34. The first-order valence-corrected chi connectivity index (χ1v) is 7.05. The molecule has 0 saturated carbocycles. The lowest BCUT2D eigenvalue weighted by Crippen LogP contribution is -2.17. The average Bonchev–Trinajstić information content (AvgIpc) is 2.41. The number of anilines is 2. The minimum absolute atomic E-state index is 0.0820. The van der Waals surface area contributed by atoms with E-state index in [1.165, 1.54) is 6.07 Å². The van der Waals surface area contributed by atoms with Crippen LogP contribution in [0, 0.1) is 0 Å². The summed E-state index contributed by atoms with van der Waals surface area (Å²) in [6.07, 6.45) is 0. The quantitative estimate of drug-likeness (QED) is 0.747. The van der Waals surface area contributed by atoms with Crippen LogP contribution < -0.4 is 16.8 Å². The van der Waals surface area contributed by atoms with Gasteiger partial charge in [-0.2, -0.15) is 0 Å². The number of primary amides is 1. The zero-order valence-corrected chi connectivity index (χ0v) is 12.9. The first kappa shape index (κ1) is 15.5. The summed E-state index contributed by atoms with van der Waals surface area (Å²) < 4.78 is 0. The van der Waals surface area contributed by atoms with Gasteiger partial charge < -0.3 is 16.8 Å². The molecule has 110 valence electrons. The maximum Gasteiger partial charge on any atom is 0.250 e. The van der Waals surface area contributed by atoms with E-state index in [2.05, 4.69) is 5.32 Å². The summed E-state index contributed by atoms with van der Waals surface area (Å²) in [7, 11) is 0. The lowest BCUT2D eigenvalue weighted by Gasteiger charge is -2.19. The van der Waals surface area contributed by atoms with Crippen LogP contribution in [0.1, 0.15) is 28.9 Å². The molecular formula is C15H15Cl2N3O. The first-order chi connectivity index (χ1) is 9.88. The Labute approximate surface area is 133 Å². The van der Waals surface area contributed by atoms with Crippen molar-refractivity contribution in [2.24, 2.45) is 5.73 Å². The standard InChI is InChI=1S/C15H15Cl2N3O/c1-8(9-2-4-10(16)5-3-9)20-14-12(15(19)21)6-11(18)7-13(14)17/h2-8,20H,18H2,1H3,(H2,19,21). The van der Waals surface area contributed by atoms with Crippen molar-refractivity contribution in [3.8, 4) is 0 Å². The minimum Gasteiger partial charge on any atom is -0.399 e. The van der Waals surface area contributed by atoms with Gasteiger partial charge in [-0.1, -0.05) is 35.3 Å². The van der Waals surface area contributed by atoms with E-state index < -0.39 is 5.91 Å². The normalized spacial score (nSPS) is 12.0. The molecule has 4 nitrogen and oxygen atoms in total. The zero-order chi connectivity index (χ0) is 15.6. The largest absolute Gasteiger partial charge is 0.399 e.